The molecule has 0 aliphatic rings. The smallest absolute Gasteiger partial charge is 0.326 e. The number of aromatic amines is 1. The van der Waals surface area contributed by atoms with E-state index in [2.05, 4.69) is 30.9 Å². The monoisotopic (exact) mass is 469 g/mol. The molecule has 0 saturated heterocycles. The minimum atomic E-state index is -1.45. The summed E-state index contributed by atoms with van der Waals surface area (Å²) in [7, 11) is 0. The van der Waals surface area contributed by atoms with Crippen molar-refractivity contribution >= 4 is 29.7 Å². The molecule has 0 aliphatic carbocycles. The van der Waals surface area contributed by atoms with Crippen molar-refractivity contribution < 1.29 is 29.4 Å². The highest BCUT2D eigenvalue weighted by Crippen LogP contribution is 2.02. The Labute approximate surface area is 189 Å². The molecule has 3 amide bonds. The lowest BCUT2D eigenvalue weighted by Crippen LogP contribution is -2.57. The number of aliphatic hydroxyl groups is 1. The minimum Gasteiger partial charge on any atom is -0.480 e. The molecular formula is C18H31N9O6. The number of guanidine groups is 1. The number of carbonyl (C=O) groups excluding carboxylic acids is 3. The predicted molar refractivity (Wildman–Crippen MR) is 116 cm³/mol. The molecule has 0 aromatic carbocycles. The Bertz CT molecular complexity index is 823. The van der Waals surface area contributed by atoms with E-state index >= 15 is 0 Å². The molecule has 1 heterocycles. The maximum atomic E-state index is 12.5. The summed E-state index contributed by atoms with van der Waals surface area (Å²) < 4.78 is 0. The zero-order chi connectivity index (χ0) is 25.0. The molecule has 15 heteroatoms. The predicted octanol–water partition coefficient (Wildman–Crippen LogP) is -4.12. The lowest BCUT2D eigenvalue weighted by Gasteiger charge is -2.23. The first-order valence-electron chi connectivity index (χ1n) is 10.1. The Morgan fingerprint density at radius 3 is 2.45 bits per heavy atom. The third-order valence-electron chi connectivity index (χ3n) is 4.40. The number of carboxylic acids is 1. The van der Waals surface area contributed by atoms with E-state index in [1.54, 1.807) is 0 Å². The number of carbonyl (C=O) groups is 4. The van der Waals surface area contributed by atoms with E-state index < -0.39 is 54.5 Å². The van der Waals surface area contributed by atoms with Gasteiger partial charge >= 0.3 is 5.97 Å². The molecule has 1 aromatic heterocycles. The summed E-state index contributed by atoms with van der Waals surface area (Å²) in [5, 5.41) is 26.1. The number of nitrogens with two attached hydrogens (primary N) is 3. The Morgan fingerprint density at radius 2 is 1.91 bits per heavy atom. The average molecular weight is 470 g/mol. The number of aromatic nitrogens is 2. The molecule has 184 valence electrons. The summed E-state index contributed by atoms with van der Waals surface area (Å²) in [6.45, 7) is 1.04. The molecule has 0 fully saturated rings. The van der Waals surface area contributed by atoms with Gasteiger partial charge in [-0.2, -0.15) is 0 Å². The second-order valence-corrected chi connectivity index (χ2v) is 7.24. The molecule has 0 saturated carbocycles. The van der Waals surface area contributed by atoms with Crippen molar-refractivity contribution in [1.29, 1.82) is 0 Å². The van der Waals surface area contributed by atoms with Crippen LogP contribution in [0.5, 0.6) is 0 Å². The van der Waals surface area contributed by atoms with Crippen LogP contribution >= 0.6 is 0 Å². The highest BCUT2D eigenvalue weighted by Gasteiger charge is 2.30. The summed E-state index contributed by atoms with van der Waals surface area (Å²) in [5.41, 5.74) is 16.6. The van der Waals surface area contributed by atoms with Crippen molar-refractivity contribution in [2.75, 3.05) is 13.1 Å². The second kappa shape index (κ2) is 13.6. The Morgan fingerprint density at radius 1 is 1.21 bits per heavy atom. The number of amides is 3. The molecule has 4 unspecified atom stereocenters. The average Bonchev–Trinajstić information content (AvgIpc) is 3.25. The lowest BCUT2D eigenvalue weighted by molar-refractivity contribution is -0.143. The van der Waals surface area contributed by atoms with Crippen molar-refractivity contribution in [1.82, 2.24) is 25.9 Å². The van der Waals surface area contributed by atoms with Crippen LogP contribution in [0.1, 0.15) is 25.5 Å². The fourth-order valence-corrected chi connectivity index (χ4v) is 2.66. The van der Waals surface area contributed by atoms with Gasteiger partial charge in [0.1, 0.15) is 12.1 Å². The van der Waals surface area contributed by atoms with E-state index in [4.69, 9.17) is 17.2 Å². The van der Waals surface area contributed by atoms with Crippen LogP contribution < -0.4 is 33.2 Å². The number of carboxylic acid groups (broad SMARTS) is 1. The van der Waals surface area contributed by atoms with Crippen LogP contribution in [-0.2, 0) is 25.6 Å². The van der Waals surface area contributed by atoms with Gasteiger partial charge in [-0.05, 0) is 19.8 Å². The van der Waals surface area contributed by atoms with E-state index in [0.717, 1.165) is 0 Å². The molecule has 1 rings (SSSR count). The molecule has 12 N–H and O–H groups in total. The summed E-state index contributed by atoms with van der Waals surface area (Å²) in [4.78, 5) is 58.4. The van der Waals surface area contributed by atoms with Crippen molar-refractivity contribution in [2.24, 2.45) is 22.2 Å². The minimum absolute atomic E-state index is 0.0719. The van der Waals surface area contributed by atoms with Gasteiger partial charge in [-0.25, -0.2) is 9.78 Å². The van der Waals surface area contributed by atoms with E-state index in [1.807, 2.05) is 0 Å². The van der Waals surface area contributed by atoms with Gasteiger partial charge in [-0.3, -0.25) is 19.4 Å². The maximum Gasteiger partial charge on any atom is 0.326 e. The van der Waals surface area contributed by atoms with Crippen LogP contribution in [0.15, 0.2) is 17.5 Å². The lowest BCUT2D eigenvalue weighted by atomic mass is 10.1. The van der Waals surface area contributed by atoms with E-state index in [-0.39, 0.29) is 18.8 Å². The third-order valence-corrected chi connectivity index (χ3v) is 4.40. The van der Waals surface area contributed by atoms with Crippen LogP contribution in [0, 0.1) is 0 Å². The first kappa shape index (κ1) is 27.3. The topological polar surface area (TPSA) is 264 Å². The first-order chi connectivity index (χ1) is 15.5. The van der Waals surface area contributed by atoms with Gasteiger partial charge in [0.15, 0.2) is 5.96 Å². The number of hydrogen-bond donors (Lipinski definition) is 9. The number of aliphatic carboxylic acids is 1. The maximum absolute atomic E-state index is 12.5. The molecule has 0 radical (unpaired) electrons. The Kier molecular flexibility index (Phi) is 11.3. The zero-order valence-corrected chi connectivity index (χ0v) is 18.2. The van der Waals surface area contributed by atoms with Crippen molar-refractivity contribution in [2.45, 2.75) is 50.4 Å². The number of hydrogen-bond acceptors (Lipinski definition) is 8. The van der Waals surface area contributed by atoms with Crippen molar-refractivity contribution in [3.8, 4) is 0 Å². The number of aliphatic hydroxyl groups excluding tert-OH is 1. The summed E-state index contributed by atoms with van der Waals surface area (Å²) in [5.74, 6) is -3.67. The fourth-order valence-electron chi connectivity index (χ4n) is 2.66. The second-order valence-electron chi connectivity index (χ2n) is 7.24. The quantitative estimate of drug-likeness (QED) is 0.0721. The molecule has 33 heavy (non-hydrogen) atoms. The van der Waals surface area contributed by atoms with Crippen LogP contribution in [0.25, 0.3) is 0 Å². The van der Waals surface area contributed by atoms with Gasteiger partial charge in [-0.1, -0.05) is 0 Å². The van der Waals surface area contributed by atoms with Gasteiger partial charge in [0.05, 0.1) is 25.0 Å². The fraction of sp³-hybridized carbons (Fsp3) is 0.556. The highest BCUT2D eigenvalue weighted by molar-refractivity contribution is 5.92. The summed E-state index contributed by atoms with van der Waals surface area (Å²) in [6, 6.07) is -3.68. The number of nitrogens with zero attached hydrogens (tertiary/aromatic N) is 2. The summed E-state index contributed by atoms with van der Waals surface area (Å²) in [6.07, 6.45) is 2.06. The van der Waals surface area contributed by atoms with E-state index in [0.29, 0.717) is 18.7 Å². The first-order valence-corrected chi connectivity index (χ1v) is 10.1. The van der Waals surface area contributed by atoms with Crippen molar-refractivity contribution in [3.05, 3.63) is 18.2 Å². The van der Waals surface area contributed by atoms with Gasteiger partial charge in [0, 0.05) is 24.9 Å². The number of aliphatic imine (C=N–C) groups is 1. The standard InChI is InChI=1S/C18H31N9O6/c1-9(28)14(16(31)26-12(17(32)33)5-10-6-22-8-25-10)27-13(29)7-24-15(30)11(19)3-2-4-23-18(20)21/h6,8-9,11-12,14,28H,2-5,7,19H2,1H3,(H,22,25)(H,24,30)(H,26,31)(H,27,29)(H,32,33)(H4,20,21,23). The highest BCUT2D eigenvalue weighted by atomic mass is 16.4. The summed E-state index contributed by atoms with van der Waals surface area (Å²) >= 11 is 0. The largest absolute Gasteiger partial charge is 0.480 e. The van der Waals surface area contributed by atoms with Crippen LogP contribution in [-0.4, -0.2) is 87.2 Å². The van der Waals surface area contributed by atoms with Gasteiger partial charge in [0.2, 0.25) is 17.7 Å². The molecule has 1 aromatic rings. The van der Waals surface area contributed by atoms with Crippen molar-refractivity contribution in [3.63, 3.8) is 0 Å². The SMILES string of the molecule is CC(O)C(NC(=O)CNC(=O)C(N)CCCN=C(N)N)C(=O)NC(Cc1cnc[nH]1)C(=O)O. The van der Waals surface area contributed by atoms with Gasteiger partial charge < -0.3 is 48.3 Å². The van der Waals surface area contributed by atoms with E-state index in [9.17, 15) is 29.4 Å². The van der Waals surface area contributed by atoms with Crippen LogP contribution in [0.2, 0.25) is 0 Å². The molecule has 0 bridgehead atoms. The Hall–Kier alpha value is -3.72. The molecule has 0 spiro atoms. The Balaban J connectivity index is 2.56. The van der Waals surface area contributed by atoms with E-state index in [1.165, 1.54) is 19.4 Å². The number of rotatable bonds is 14. The van der Waals surface area contributed by atoms with Crippen LogP contribution in [0.3, 0.4) is 0 Å². The number of H-pyrrole nitrogens is 1. The molecule has 15 nitrogen and oxygen atoms in total. The third kappa shape index (κ3) is 10.4. The van der Waals surface area contributed by atoms with Crippen LogP contribution in [0.4, 0.5) is 0 Å². The molecular weight excluding hydrogens is 438 g/mol. The van der Waals surface area contributed by atoms with Gasteiger partial charge in [0.25, 0.3) is 0 Å². The molecule has 4 atom stereocenters. The zero-order valence-electron chi connectivity index (χ0n) is 18.2. The molecule has 0 aliphatic heterocycles. The van der Waals surface area contributed by atoms with Gasteiger partial charge in [-0.15, -0.1) is 0 Å². The normalized spacial score (nSPS) is 14.3. The number of imidazole rings is 1. The number of nitrogens with one attached hydrogen (secondary N) is 4.